The van der Waals surface area contributed by atoms with E-state index in [0.29, 0.717) is 19.6 Å². The molecule has 1 unspecified atom stereocenters. The average molecular weight is 401 g/mol. The van der Waals surface area contributed by atoms with Crippen LogP contribution in [0.3, 0.4) is 0 Å². The smallest absolute Gasteiger partial charge is 0.314 e. The maximum absolute atomic E-state index is 13.2. The van der Waals surface area contributed by atoms with Crippen molar-refractivity contribution in [3.05, 3.63) is 101 Å². The number of nitrogens with one attached hydrogen (secondary N) is 1. The van der Waals surface area contributed by atoms with E-state index in [-0.39, 0.29) is 12.1 Å². The number of benzene rings is 2. The van der Waals surface area contributed by atoms with Crippen molar-refractivity contribution in [1.82, 2.24) is 20.3 Å². The molecular formula is C25H28N4O. The van der Waals surface area contributed by atoms with Gasteiger partial charge >= 0.3 is 6.03 Å². The molecule has 2 amide bonds. The number of rotatable bonds is 7. The van der Waals surface area contributed by atoms with Gasteiger partial charge in [0.15, 0.2) is 0 Å². The zero-order valence-corrected chi connectivity index (χ0v) is 17.6. The zero-order chi connectivity index (χ0) is 20.9. The van der Waals surface area contributed by atoms with Gasteiger partial charge < -0.3 is 4.90 Å². The van der Waals surface area contributed by atoms with Crippen LogP contribution in [0.15, 0.2) is 72.9 Å². The van der Waals surface area contributed by atoms with Crippen LogP contribution in [0.25, 0.3) is 0 Å². The summed E-state index contributed by atoms with van der Waals surface area (Å²) in [6.45, 7) is 6.00. The number of amides is 2. The summed E-state index contributed by atoms with van der Waals surface area (Å²) in [6, 6.07) is 22.9. The number of aryl methyl sites for hydroxylation is 2. The lowest BCUT2D eigenvalue weighted by Crippen LogP contribution is -2.41. The molecule has 1 aromatic heterocycles. The summed E-state index contributed by atoms with van der Waals surface area (Å²) in [7, 11) is 0. The molecule has 2 heterocycles. The molecule has 154 valence electrons. The van der Waals surface area contributed by atoms with Crippen LogP contribution < -0.4 is 5.43 Å². The van der Waals surface area contributed by atoms with Gasteiger partial charge in [-0.1, -0.05) is 65.7 Å². The Labute approximate surface area is 178 Å². The second-order valence-corrected chi connectivity index (χ2v) is 7.90. The fourth-order valence-corrected chi connectivity index (χ4v) is 3.78. The molecule has 1 saturated heterocycles. The molecule has 4 rings (SSSR count). The number of nitrogens with zero attached hydrogens (tertiary/aromatic N) is 3. The minimum atomic E-state index is 0.0172. The van der Waals surface area contributed by atoms with Crippen LogP contribution >= 0.6 is 0 Å². The largest absolute Gasteiger partial charge is 0.335 e. The van der Waals surface area contributed by atoms with Crippen LogP contribution in [0.5, 0.6) is 0 Å². The van der Waals surface area contributed by atoms with Gasteiger partial charge in [-0.2, -0.15) is 0 Å². The van der Waals surface area contributed by atoms with Crippen molar-refractivity contribution < 1.29 is 4.79 Å². The molecule has 0 bridgehead atoms. The molecular weight excluding hydrogens is 372 g/mol. The standard InChI is InChI=1S/C25H28N4O/c1-19-6-10-21(11-7-19)14-16-28-24(22-12-8-20(2)9-13-22)18-29(25(28)30)27-17-23-5-3-4-15-26-23/h3-13,15,24,27H,14,16-18H2,1-2H3. The van der Waals surface area contributed by atoms with Gasteiger partial charge in [0, 0.05) is 12.7 Å². The highest BCUT2D eigenvalue weighted by Gasteiger charge is 2.37. The molecule has 0 saturated carbocycles. The lowest BCUT2D eigenvalue weighted by Gasteiger charge is -2.23. The molecule has 1 fully saturated rings. The molecule has 1 aliphatic rings. The summed E-state index contributed by atoms with van der Waals surface area (Å²) >= 11 is 0. The predicted octanol–water partition coefficient (Wildman–Crippen LogP) is 4.42. The molecule has 1 atom stereocenters. The number of pyridine rings is 1. The molecule has 30 heavy (non-hydrogen) atoms. The number of carbonyl (C=O) groups is 1. The second kappa shape index (κ2) is 9.09. The highest BCUT2D eigenvalue weighted by molar-refractivity contribution is 5.77. The van der Waals surface area contributed by atoms with Crippen molar-refractivity contribution in [1.29, 1.82) is 0 Å². The Balaban J connectivity index is 1.49. The first-order valence-corrected chi connectivity index (χ1v) is 10.4. The van der Waals surface area contributed by atoms with Gasteiger partial charge in [0.1, 0.15) is 0 Å². The Morgan fingerprint density at radius 3 is 2.33 bits per heavy atom. The normalized spacial score (nSPS) is 16.3. The van der Waals surface area contributed by atoms with Crippen molar-refractivity contribution in [2.45, 2.75) is 32.9 Å². The first-order valence-electron chi connectivity index (χ1n) is 10.4. The Kier molecular flexibility index (Phi) is 6.10. The third-order valence-electron chi connectivity index (χ3n) is 5.61. The maximum Gasteiger partial charge on any atom is 0.335 e. The molecule has 2 aromatic carbocycles. The van der Waals surface area contributed by atoms with E-state index in [2.05, 4.69) is 72.8 Å². The van der Waals surface area contributed by atoms with Crippen LogP contribution in [0.4, 0.5) is 4.79 Å². The summed E-state index contributed by atoms with van der Waals surface area (Å²) in [5.74, 6) is 0. The molecule has 5 heteroatoms. The number of hydrogen-bond donors (Lipinski definition) is 1. The van der Waals surface area contributed by atoms with E-state index in [0.717, 1.165) is 12.1 Å². The lowest BCUT2D eigenvalue weighted by atomic mass is 10.0. The summed E-state index contributed by atoms with van der Waals surface area (Å²) in [5, 5.41) is 1.73. The number of aromatic nitrogens is 1. The summed E-state index contributed by atoms with van der Waals surface area (Å²) in [4.78, 5) is 19.5. The van der Waals surface area contributed by atoms with Crippen molar-refractivity contribution >= 4 is 6.03 Å². The molecule has 1 N–H and O–H groups in total. The zero-order valence-electron chi connectivity index (χ0n) is 17.6. The van der Waals surface area contributed by atoms with Crippen LogP contribution in [-0.4, -0.2) is 34.0 Å². The minimum Gasteiger partial charge on any atom is -0.314 e. The summed E-state index contributed by atoms with van der Waals surface area (Å²) in [5.41, 5.74) is 9.07. The lowest BCUT2D eigenvalue weighted by molar-refractivity contribution is 0.171. The highest BCUT2D eigenvalue weighted by atomic mass is 16.2. The van der Waals surface area contributed by atoms with E-state index >= 15 is 0 Å². The van der Waals surface area contributed by atoms with Crippen LogP contribution in [0.2, 0.25) is 0 Å². The van der Waals surface area contributed by atoms with E-state index in [1.807, 2.05) is 23.1 Å². The highest BCUT2D eigenvalue weighted by Crippen LogP contribution is 2.29. The molecule has 5 nitrogen and oxygen atoms in total. The molecule has 0 radical (unpaired) electrons. The van der Waals surface area contributed by atoms with Gasteiger partial charge in [-0.3, -0.25) is 9.99 Å². The van der Waals surface area contributed by atoms with Crippen molar-refractivity contribution in [2.75, 3.05) is 13.1 Å². The van der Waals surface area contributed by atoms with Crippen molar-refractivity contribution in [3.63, 3.8) is 0 Å². The fraction of sp³-hybridized carbons (Fsp3) is 0.280. The van der Waals surface area contributed by atoms with Gasteiger partial charge in [0.2, 0.25) is 0 Å². The number of hydrogen-bond acceptors (Lipinski definition) is 3. The van der Waals surface area contributed by atoms with Gasteiger partial charge in [-0.15, -0.1) is 0 Å². The molecule has 1 aliphatic heterocycles. The van der Waals surface area contributed by atoms with E-state index in [9.17, 15) is 4.79 Å². The third-order valence-corrected chi connectivity index (χ3v) is 5.61. The number of carbonyl (C=O) groups excluding carboxylic acids is 1. The quantitative estimate of drug-likeness (QED) is 0.638. The summed E-state index contributed by atoms with van der Waals surface area (Å²) < 4.78 is 0. The first-order chi connectivity index (χ1) is 14.6. The average Bonchev–Trinajstić information content (AvgIpc) is 3.08. The number of urea groups is 1. The maximum atomic E-state index is 13.2. The predicted molar refractivity (Wildman–Crippen MR) is 119 cm³/mol. The molecule has 3 aromatic rings. The van der Waals surface area contributed by atoms with E-state index in [4.69, 9.17) is 0 Å². The SMILES string of the molecule is Cc1ccc(CCN2C(=O)N(NCc3ccccn3)CC2c2ccc(C)cc2)cc1. The third kappa shape index (κ3) is 4.69. The van der Waals surface area contributed by atoms with Crippen LogP contribution in [0, 0.1) is 13.8 Å². The van der Waals surface area contributed by atoms with Crippen molar-refractivity contribution in [3.8, 4) is 0 Å². The van der Waals surface area contributed by atoms with Gasteiger partial charge in [0.05, 0.1) is 24.8 Å². The molecule has 0 spiro atoms. The topological polar surface area (TPSA) is 48.5 Å². The number of hydrazine groups is 1. The van der Waals surface area contributed by atoms with E-state index < -0.39 is 0 Å². The Hall–Kier alpha value is -3.18. The molecule has 0 aliphatic carbocycles. The first kappa shape index (κ1) is 20.1. The van der Waals surface area contributed by atoms with Crippen molar-refractivity contribution in [2.24, 2.45) is 0 Å². The van der Waals surface area contributed by atoms with Crippen LogP contribution in [0.1, 0.15) is 34.0 Å². The Bertz CT molecular complexity index is 970. The Morgan fingerprint density at radius 1 is 0.967 bits per heavy atom. The monoisotopic (exact) mass is 400 g/mol. The van der Waals surface area contributed by atoms with E-state index in [1.165, 1.54) is 22.3 Å². The van der Waals surface area contributed by atoms with Gasteiger partial charge in [0.25, 0.3) is 0 Å². The van der Waals surface area contributed by atoms with Gasteiger partial charge in [-0.05, 0) is 43.5 Å². The second-order valence-electron chi connectivity index (χ2n) is 7.90. The Morgan fingerprint density at radius 2 is 1.67 bits per heavy atom. The minimum absolute atomic E-state index is 0.0172. The van der Waals surface area contributed by atoms with Crippen LogP contribution in [-0.2, 0) is 13.0 Å². The fourth-order valence-electron chi connectivity index (χ4n) is 3.78. The summed E-state index contributed by atoms with van der Waals surface area (Å²) in [6.07, 6.45) is 2.61. The van der Waals surface area contributed by atoms with E-state index in [1.54, 1.807) is 11.2 Å². The van der Waals surface area contributed by atoms with Gasteiger partial charge in [-0.25, -0.2) is 10.2 Å².